The number of carbonyl (C=O) groups excluding carboxylic acids is 1. The summed E-state index contributed by atoms with van der Waals surface area (Å²) in [5.74, 6) is 1.00. The van der Waals surface area contributed by atoms with Gasteiger partial charge >= 0.3 is 0 Å². The Kier molecular flexibility index (Phi) is 5.63. The molecule has 0 bridgehead atoms. The van der Waals surface area contributed by atoms with E-state index >= 15 is 0 Å². The molecule has 0 aromatic heterocycles. The van der Waals surface area contributed by atoms with Crippen molar-refractivity contribution in [3.05, 3.63) is 35.8 Å². The van der Waals surface area contributed by atoms with Crippen molar-refractivity contribution in [3.8, 4) is 0 Å². The minimum Gasteiger partial charge on any atom is -0.383 e. The Balaban J connectivity index is 1.67. The number of carbonyl (C=O) groups is 1. The summed E-state index contributed by atoms with van der Waals surface area (Å²) in [5.41, 5.74) is 2.88. The van der Waals surface area contributed by atoms with Gasteiger partial charge in [0.25, 0.3) is 5.91 Å². The predicted molar refractivity (Wildman–Crippen MR) is 114 cm³/mol. The molecule has 0 spiro atoms. The molecule has 0 unspecified atom stereocenters. The first-order chi connectivity index (χ1) is 13.8. The van der Waals surface area contributed by atoms with Crippen molar-refractivity contribution in [2.24, 2.45) is 4.99 Å². The van der Waals surface area contributed by atoms with Gasteiger partial charge in [-0.15, -0.1) is 11.8 Å². The van der Waals surface area contributed by atoms with Gasteiger partial charge in [0, 0.05) is 48.9 Å². The second-order valence-electron chi connectivity index (χ2n) is 6.38. The second-order valence-corrected chi connectivity index (χ2v) is 7.52. The third kappa shape index (κ3) is 3.90. The smallest absolute Gasteiger partial charge is 0.261 e. The highest BCUT2D eigenvalue weighted by Gasteiger charge is 2.22. The Morgan fingerprint density at radius 1 is 1.36 bits per heavy atom. The average molecular weight is 398 g/mol. The van der Waals surface area contributed by atoms with E-state index < -0.39 is 0 Å². The van der Waals surface area contributed by atoms with E-state index in [4.69, 9.17) is 10.1 Å². The largest absolute Gasteiger partial charge is 0.383 e. The monoisotopic (exact) mass is 398 g/mol. The molecule has 4 rings (SSSR count). The van der Waals surface area contributed by atoms with Crippen molar-refractivity contribution in [2.45, 2.75) is 4.90 Å². The van der Waals surface area contributed by atoms with Crippen LogP contribution in [0.15, 0.2) is 45.7 Å². The van der Waals surface area contributed by atoms with Gasteiger partial charge < -0.3 is 31.0 Å². The third-order valence-electron chi connectivity index (χ3n) is 4.62. The molecule has 1 saturated heterocycles. The first-order valence-electron chi connectivity index (χ1n) is 9.15. The molecule has 0 atom stereocenters. The van der Waals surface area contributed by atoms with E-state index in [0.717, 1.165) is 48.7 Å². The van der Waals surface area contributed by atoms with Gasteiger partial charge in [-0.25, -0.2) is 4.99 Å². The number of fused-ring (bicyclic) bond motifs is 1. The fraction of sp³-hybridized carbons (Fsp3) is 0.316. The van der Waals surface area contributed by atoms with Crippen LogP contribution in [0, 0.1) is 5.41 Å². The minimum atomic E-state index is -0.372. The van der Waals surface area contributed by atoms with Crippen LogP contribution in [0.1, 0.15) is 0 Å². The van der Waals surface area contributed by atoms with Gasteiger partial charge in [0.15, 0.2) is 0 Å². The molecule has 3 aliphatic rings. The number of allylic oxidation sites excluding steroid dienone is 1. The van der Waals surface area contributed by atoms with Gasteiger partial charge in [-0.2, -0.15) is 0 Å². The fourth-order valence-electron chi connectivity index (χ4n) is 3.24. The molecule has 0 radical (unpaired) electrons. The highest BCUT2D eigenvalue weighted by molar-refractivity contribution is 7.99. The molecule has 0 saturated carbocycles. The van der Waals surface area contributed by atoms with E-state index in [-0.39, 0.29) is 11.5 Å². The Morgan fingerprint density at radius 2 is 2.21 bits per heavy atom. The lowest BCUT2D eigenvalue weighted by atomic mass is 10.1. The summed E-state index contributed by atoms with van der Waals surface area (Å²) in [6.07, 6.45) is 6.02. The zero-order valence-electron chi connectivity index (χ0n) is 15.3. The zero-order valence-corrected chi connectivity index (χ0v) is 16.1. The van der Waals surface area contributed by atoms with Crippen molar-refractivity contribution in [3.63, 3.8) is 0 Å². The number of nitrogens with one attached hydrogen (secondary N) is 4. The second kappa shape index (κ2) is 8.49. The van der Waals surface area contributed by atoms with E-state index in [1.54, 1.807) is 18.5 Å². The molecule has 0 aliphatic carbocycles. The molecule has 4 N–H and O–H groups in total. The van der Waals surface area contributed by atoms with Crippen LogP contribution in [0.3, 0.4) is 0 Å². The summed E-state index contributed by atoms with van der Waals surface area (Å²) in [6.45, 7) is 3.76. The van der Waals surface area contributed by atoms with E-state index in [1.165, 1.54) is 4.90 Å². The van der Waals surface area contributed by atoms with Crippen LogP contribution in [0.4, 0.5) is 17.1 Å². The quantitative estimate of drug-likeness (QED) is 0.457. The molecule has 1 aromatic carbocycles. The number of hydrogen-bond acceptors (Lipinski definition) is 8. The van der Waals surface area contributed by atoms with Gasteiger partial charge in [0.2, 0.25) is 0 Å². The summed E-state index contributed by atoms with van der Waals surface area (Å²) >= 11 is 1.81. The van der Waals surface area contributed by atoms with Crippen LogP contribution >= 0.6 is 11.8 Å². The maximum atomic E-state index is 12.9. The maximum absolute atomic E-state index is 12.9. The van der Waals surface area contributed by atoms with E-state index in [0.29, 0.717) is 19.0 Å². The normalized spacial score (nSPS) is 19.9. The first-order valence-corrected chi connectivity index (χ1v) is 10.1. The van der Waals surface area contributed by atoms with Crippen molar-refractivity contribution in [1.82, 2.24) is 5.32 Å². The van der Waals surface area contributed by atoms with E-state index in [2.05, 4.69) is 31.9 Å². The third-order valence-corrected chi connectivity index (χ3v) is 5.68. The summed E-state index contributed by atoms with van der Waals surface area (Å²) < 4.78 is 5.48. The number of aliphatic imine (C=N–C) groups is 1. The predicted octanol–water partition coefficient (Wildman–Crippen LogP) is 2.03. The Hall–Kier alpha value is -2.78. The summed E-state index contributed by atoms with van der Waals surface area (Å²) in [7, 11) is 0. The van der Waals surface area contributed by atoms with Crippen molar-refractivity contribution in [1.29, 1.82) is 5.41 Å². The van der Waals surface area contributed by atoms with Crippen LogP contribution in [0.2, 0.25) is 0 Å². The van der Waals surface area contributed by atoms with Crippen molar-refractivity contribution < 1.29 is 9.53 Å². The standard InChI is InChI=1S/C19H22N6O2S/c20-12-13(18-22-2-1-3-23-18)19(26)24-14-10-15-17(28-9-4-21-15)11-16(14)25-5-7-27-8-6-25/h1-3,10-12,20-22H,4-9H2,(H,24,26)/b18-13-,20-12?. The highest BCUT2D eigenvalue weighted by Crippen LogP contribution is 2.40. The lowest BCUT2D eigenvalue weighted by Gasteiger charge is -2.32. The van der Waals surface area contributed by atoms with Crippen LogP contribution in [-0.4, -0.2) is 56.9 Å². The number of nitrogens with zero attached hydrogens (tertiary/aromatic N) is 2. The van der Waals surface area contributed by atoms with Gasteiger partial charge in [-0.05, 0) is 18.2 Å². The molecule has 8 nitrogen and oxygen atoms in total. The number of hydrogen-bond donors (Lipinski definition) is 4. The zero-order chi connectivity index (χ0) is 19.3. The molecule has 3 aliphatic heterocycles. The number of amides is 1. The Morgan fingerprint density at radius 3 is 2.96 bits per heavy atom. The SMILES string of the molecule is N=C/C(C(=O)Nc1cc2c(cc1N1CCOCC1)SCCN2)=C1/N=CC=CN1. The van der Waals surface area contributed by atoms with Crippen LogP contribution in [0.25, 0.3) is 0 Å². The molecule has 9 heteroatoms. The summed E-state index contributed by atoms with van der Waals surface area (Å²) in [4.78, 5) is 20.5. The minimum absolute atomic E-state index is 0.175. The molecular weight excluding hydrogens is 376 g/mol. The number of morpholine rings is 1. The molecule has 3 heterocycles. The number of thioether (sulfide) groups is 1. The van der Waals surface area contributed by atoms with Gasteiger partial charge in [0.1, 0.15) is 5.82 Å². The number of ether oxygens (including phenoxy) is 1. The van der Waals surface area contributed by atoms with Crippen LogP contribution in [-0.2, 0) is 9.53 Å². The van der Waals surface area contributed by atoms with Crippen LogP contribution < -0.4 is 20.9 Å². The van der Waals surface area contributed by atoms with E-state index in [9.17, 15) is 4.79 Å². The molecule has 1 fully saturated rings. The molecular formula is C19H22N6O2S. The van der Waals surface area contributed by atoms with Gasteiger partial charge in [-0.3, -0.25) is 4.79 Å². The van der Waals surface area contributed by atoms with Crippen LogP contribution in [0.5, 0.6) is 0 Å². The average Bonchev–Trinajstić information content (AvgIpc) is 2.75. The Labute approximate surface area is 167 Å². The first kappa shape index (κ1) is 18.6. The lowest BCUT2D eigenvalue weighted by molar-refractivity contribution is -0.112. The molecule has 28 heavy (non-hydrogen) atoms. The lowest BCUT2D eigenvalue weighted by Crippen LogP contribution is -2.37. The highest BCUT2D eigenvalue weighted by atomic mass is 32.2. The number of rotatable bonds is 4. The summed E-state index contributed by atoms with van der Waals surface area (Å²) in [5, 5.41) is 17.0. The number of benzene rings is 1. The number of anilines is 3. The van der Waals surface area contributed by atoms with Gasteiger partial charge in [0.05, 0.1) is 35.8 Å². The summed E-state index contributed by atoms with van der Waals surface area (Å²) in [6, 6.07) is 4.11. The Bertz CT molecular complexity index is 873. The molecule has 146 valence electrons. The topological polar surface area (TPSA) is 102 Å². The fourth-order valence-corrected chi connectivity index (χ4v) is 4.15. The van der Waals surface area contributed by atoms with Gasteiger partial charge in [-0.1, -0.05) is 0 Å². The molecule has 1 amide bonds. The molecule has 1 aromatic rings. The maximum Gasteiger partial charge on any atom is 0.261 e. The van der Waals surface area contributed by atoms with Crippen molar-refractivity contribution >= 4 is 47.2 Å². The van der Waals surface area contributed by atoms with E-state index in [1.807, 2.05) is 17.8 Å². The van der Waals surface area contributed by atoms with Crippen molar-refractivity contribution in [2.75, 3.05) is 54.1 Å².